The molecule has 5 nitrogen and oxygen atoms in total. The zero-order chi connectivity index (χ0) is 17.0. The van der Waals surface area contributed by atoms with Gasteiger partial charge in [-0.25, -0.2) is 0 Å². The molecule has 0 saturated carbocycles. The number of nitrogen functional groups attached to an aromatic ring is 1. The van der Waals surface area contributed by atoms with E-state index in [1.165, 1.54) is 0 Å². The van der Waals surface area contributed by atoms with E-state index in [0.29, 0.717) is 25.2 Å². The van der Waals surface area contributed by atoms with E-state index < -0.39 is 0 Å². The molecule has 24 heavy (non-hydrogen) atoms. The highest BCUT2D eigenvalue weighted by atomic mass is 35.5. The van der Waals surface area contributed by atoms with Crippen molar-refractivity contribution in [1.82, 2.24) is 9.80 Å². The van der Waals surface area contributed by atoms with E-state index in [1.54, 1.807) is 4.90 Å². The lowest BCUT2D eigenvalue weighted by molar-refractivity contribution is -0.140. The summed E-state index contributed by atoms with van der Waals surface area (Å²) in [5, 5.41) is 0. The third-order valence-corrected chi connectivity index (χ3v) is 4.65. The highest BCUT2D eigenvalue weighted by Crippen LogP contribution is 2.21. The lowest BCUT2D eigenvalue weighted by atomic mass is 9.94. The Kier molecular flexibility index (Phi) is 7.55. The van der Waals surface area contributed by atoms with Gasteiger partial charge >= 0.3 is 0 Å². The first-order valence-electron chi connectivity index (χ1n) is 8.27. The molecule has 134 valence electrons. The monoisotopic (exact) mass is 353 g/mol. The number of halogens is 1. The van der Waals surface area contributed by atoms with E-state index in [-0.39, 0.29) is 36.2 Å². The SMILES string of the molecule is CC(C)N(C)C(=O)C1CCN(C(=O)Cc2ccc(N)cc2)CC1.Cl. The van der Waals surface area contributed by atoms with Gasteiger partial charge in [-0.3, -0.25) is 9.59 Å². The molecule has 1 aliphatic heterocycles. The summed E-state index contributed by atoms with van der Waals surface area (Å²) in [5.41, 5.74) is 7.34. The second-order valence-corrected chi connectivity index (χ2v) is 6.62. The lowest BCUT2D eigenvalue weighted by Gasteiger charge is -2.34. The van der Waals surface area contributed by atoms with Crippen molar-refractivity contribution in [3.8, 4) is 0 Å². The molecule has 0 spiro atoms. The molecule has 2 rings (SSSR count). The summed E-state index contributed by atoms with van der Waals surface area (Å²) in [7, 11) is 1.85. The second kappa shape index (κ2) is 8.92. The molecule has 1 aromatic rings. The van der Waals surface area contributed by atoms with E-state index in [4.69, 9.17) is 5.73 Å². The Morgan fingerprint density at radius 2 is 1.75 bits per heavy atom. The topological polar surface area (TPSA) is 66.6 Å². The summed E-state index contributed by atoms with van der Waals surface area (Å²) in [5.74, 6) is 0.367. The first kappa shape index (κ1) is 20.3. The molecule has 0 aromatic heterocycles. The van der Waals surface area contributed by atoms with Gasteiger partial charge in [-0.05, 0) is 44.4 Å². The molecule has 0 atom stereocenters. The van der Waals surface area contributed by atoms with Crippen LogP contribution < -0.4 is 5.73 Å². The van der Waals surface area contributed by atoms with Crippen LogP contribution in [0.3, 0.4) is 0 Å². The number of nitrogens with zero attached hydrogens (tertiary/aromatic N) is 2. The predicted molar refractivity (Wildman–Crippen MR) is 99.0 cm³/mol. The maximum Gasteiger partial charge on any atom is 0.226 e. The van der Waals surface area contributed by atoms with Crippen molar-refractivity contribution in [2.24, 2.45) is 5.92 Å². The normalized spacial score (nSPS) is 15.1. The van der Waals surface area contributed by atoms with Crippen LogP contribution in [0.5, 0.6) is 0 Å². The Balaban J connectivity index is 0.00000288. The van der Waals surface area contributed by atoms with E-state index in [1.807, 2.05) is 50.1 Å². The number of likely N-dealkylation sites (tertiary alicyclic amines) is 1. The third kappa shape index (κ3) is 5.13. The summed E-state index contributed by atoms with van der Waals surface area (Å²) in [4.78, 5) is 28.4. The molecule has 2 amide bonds. The number of hydrogen-bond acceptors (Lipinski definition) is 3. The summed E-state index contributed by atoms with van der Waals surface area (Å²) >= 11 is 0. The summed E-state index contributed by atoms with van der Waals surface area (Å²) in [6, 6.07) is 7.62. The molecule has 2 N–H and O–H groups in total. The van der Waals surface area contributed by atoms with E-state index in [2.05, 4.69) is 0 Å². The molecule has 0 radical (unpaired) electrons. The Morgan fingerprint density at radius 1 is 1.21 bits per heavy atom. The average molecular weight is 354 g/mol. The van der Waals surface area contributed by atoms with Gasteiger partial charge in [0.2, 0.25) is 11.8 Å². The van der Waals surface area contributed by atoms with Gasteiger partial charge in [-0.15, -0.1) is 12.4 Å². The number of carbonyl (C=O) groups is 2. The van der Waals surface area contributed by atoms with Crippen molar-refractivity contribution >= 4 is 29.9 Å². The van der Waals surface area contributed by atoms with Gasteiger partial charge in [0, 0.05) is 37.8 Å². The van der Waals surface area contributed by atoms with Crippen molar-refractivity contribution in [3.63, 3.8) is 0 Å². The van der Waals surface area contributed by atoms with Crippen LogP contribution in [-0.2, 0) is 16.0 Å². The summed E-state index contributed by atoms with van der Waals surface area (Å²) in [6.07, 6.45) is 1.90. The first-order chi connectivity index (χ1) is 10.9. The van der Waals surface area contributed by atoms with Gasteiger partial charge in [0.15, 0.2) is 0 Å². The Hall–Kier alpha value is -1.75. The number of anilines is 1. The van der Waals surface area contributed by atoms with Gasteiger partial charge in [0.1, 0.15) is 0 Å². The number of amides is 2. The molecule has 0 aliphatic carbocycles. The second-order valence-electron chi connectivity index (χ2n) is 6.62. The van der Waals surface area contributed by atoms with Gasteiger partial charge in [-0.2, -0.15) is 0 Å². The quantitative estimate of drug-likeness (QED) is 0.845. The fourth-order valence-electron chi connectivity index (χ4n) is 2.84. The number of carbonyl (C=O) groups excluding carboxylic acids is 2. The fourth-order valence-corrected chi connectivity index (χ4v) is 2.84. The standard InChI is InChI=1S/C18H27N3O2.ClH/c1-13(2)20(3)18(23)15-8-10-21(11-9-15)17(22)12-14-4-6-16(19)7-5-14;/h4-7,13,15H,8-12,19H2,1-3H3;1H. The summed E-state index contributed by atoms with van der Waals surface area (Å²) in [6.45, 7) is 5.36. The highest BCUT2D eigenvalue weighted by Gasteiger charge is 2.29. The van der Waals surface area contributed by atoms with Gasteiger partial charge in [0.25, 0.3) is 0 Å². The van der Waals surface area contributed by atoms with Crippen LogP contribution in [0.15, 0.2) is 24.3 Å². The zero-order valence-corrected chi connectivity index (χ0v) is 15.5. The predicted octanol–water partition coefficient (Wildman–Crippen LogP) is 2.34. The number of rotatable bonds is 4. The van der Waals surface area contributed by atoms with Crippen LogP contribution in [0.2, 0.25) is 0 Å². The van der Waals surface area contributed by atoms with Crippen LogP contribution in [0.4, 0.5) is 5.69 Å². The van der Waals surface area contributed by atoms with Gasteiger partial charge < -0.3 is 15.5 Å². The average Bonchev–Trinajstić information content (AvgIpc) is 2.55. The van der Waals surface area contributed by atoms with Crippen LogP contribution in [0.1, 0.15) is 32.3 Å². The van der Waals surface area contributed by atoms with Gasteiger partial charge in [-0.1, -0.05) is 12.1 Å². The third-order valence-electron chi connectivity index (χ3n) is 4.65. The molecular formula is C18H28ClN3O2. The molecule has 1 saturated heterocycles. The number of piperidine rings is 1. The van der Waals surface area contributed by atoms with Crippen LogP contribution >= 0.6 is 12.4 Å². The molecule has 1 aromatic carbocycles. The molecular weight excluding hydrogens is 326 g/mol. The highest BCUT2D eigenvalue weighted by molar-refractivity contribution is 5.85. The van der Waals surface area contributed by atoms with Gasteiger partial charge in [0.05, 0.1) is 6.42 Å². The van der Waals surface area contributed by atoms with Crippen LogP contribution in [-0.4, -0.2) is 47.8 Å². The molecule has 6 heteroatoms. The maximum atomic E-state index is 12.4. The minimum Gasteiger partial charge on any atom is -0.399 e. The van der Waals surface area contributed by atoms with Crippen molar-refractivity contribution in [2.75, 3.05) is 25.9 Å². The first-order valence-corrected chi connectivity index (χ1v) is 8.27. The number of benzene rings is 1. The Bertz CT molecular complexity index is 552. The fraction of sp³-hybridized carbons (Fsp3) is 0.556. The minimum atomic E-state index is 0. The summed E-state index contributed by atoms with van der Waals surface area (Å²) < 4.78 is 0. The molecule has 1 heterocycles. The Labute approximate surface area is 150 Å². The molecule has 0 unspecified atom stereocenters. The van der Waals surface area contributed by atoms with E-state index in [0.717, 1.165) is 18.4 Å². The van der Waals surface area contributed by atoms with Crippen LogP contribution in [0, 0.1) is 5.92 Å². The molecule has 1 aliphatic rings. The smallest absolute Gasteiger partial charge is 0.226 e. The molecule has 0 bridgehead atoms. The van der Waals surface area contributed by atoms with Crippen molar-refractivity contribution in [2.45, 2.75) is 39.2 Å². The van der Waals surface area contributed by atoms with Crippen molar-refractivity contribution < 1.29 is 9.59 Å². The molecule has 1 fully saturated rings. The van der Waals surface area contributed by atoms with Crippen molar-refractivity contribution in [3.05, 3.63) is 29.8 Å². The van der Waals surface area contributed by atoms with E-state index in [9.17, 15) is 9.59 Å². The van der Waals surface area contributed by atoms with Crippen molar-refractivity contribution in [1.29, 1.82) is 0 Å². The number of hydrogen-bond donors (Lipinski definition) is 1. The van der Waals surface area contributed by atoms with Crippen LogP contribution in [0.25, 0.3) is 0 Å². The minimum absolute atomic E-state index is 0. The zero-order valence-electron chi connectivity index (χ0n) is 14.7. The van der Waals surface area contributed by atoms with E-state index >= 15 is 0 Å². The lowest BCUT2D eigenvalue weighted by Crippen LogP contribution is -2.45. The largest absolute Gasteiger partial charge is 0.399 e. The maximum absolute atomic E-state index is 12.4. The number of nitrogens with two attached hydrogens (primary N) is 1. The Morgan fingerprint density at radius 3 is 2.25 bits per heavy atom.